The van der Waals surface area contributed by atoms with E-state index in [4.69, 9.17) is 0 Å². The second kappa shape index (κ2) is 10.3. The minimum Gasteiger partial charge on any atom is -0.206 e. The molecule has 0 aliphatic carbocycles. The van der Waals surface area contributed by atoms with E-state index in [0.717, 1.165) is 41.3 Å². The van der Waals surface area contributed by atoms with Gasteiger partial charge in [0.1, 0.15) is 11.6 Å². The summed E-state index contributed by atoms with van der Waals surface area (Å²) in [5.41, 5.74) is 1.76. The first kappa shape index (κ1) is 25.4. The Hall–Kier alpha value is -4.25. The van der Waals surface area contributed by atoms with E-state index >= 15 is 8.78 Å². The molecule has 0 heterocycles. The predicted octanol–water partition coefficient (Wildman–Crippen LogP) is 10.3. The Kier molecular flexibility index (Phi) is 6.85. The fraction of sp³-hybridized carbons (Fsp3) is 0.0909. The van der Waals surface area contributed by atoms with Crippen LogP contribution in [0.4, 0.5) is 22.0 Å². The average molecular weight is 515 g/mol. The lowest BCUT2D eigenvalue weighted by atomic mass is 9.94. The van der Waals surface area contributed by atoms with Crippen LogP contribution in [-0.4, -0.2) is 0 Å². The molecule has 0 atom stereocenters. The summed E-state index contributed by atoms with van der Waals surface area (Å²) >= 11 is 0. The fourth-order valence-corrected chi connectivity index (χ4v) is 4.69. The Morgan fingerprint density at radius 1 is 0.605 bits per heavy atom. The number of aryl methyl sites for hydroxylation is 1. The molecule has 0 aliphatic rings. The number of hydrogen-bond acceptors (Lipinski definition) is 0. The molecular weight excluding hydrogens is 491 g/mol. The monoisotopic (exact) mass is 514 g/mol. The average Bonchev–Trinajstić information content (AvgIpc) is 2.91. The van der Waals surface area contributed by atoms with Crippen LogP contribution in [-0.2, 0) is 12.6 Å². The van der Waals surface area contributed by atoms with Crippen molar-refractivity contribution in [1.29, 1.82) is 0 Å². The van der Waals surface area contributed by atoms with Crippen LogP contribution in [0.25, 0.3) is 44.2 Å². The summed E-state index contributed by atoms with van der Waals surface area (Å²) in [6.45, 7) is 3.76. The summed E-state index contributed by atoms with van der Waals surface area (Å²) in [7, 11) is 0. The maximum Gasteiger partial charge on any atom is 0.417 e. The molecule has 0 unspecified atom stereocenters. The van der Waals surface area contributed by atoms with Gasteiger partial charge in [0, 0.05) is 11.1 Å². The second-order valence-electron chi connectivity index (χ2n) is 9.16. The molecular formula is C33H23F5. The quantitative estimate of drug-likeness (QED) is 0.156. The van der Waals surface area contributed by atoms with Crippen molar-refractivity contribution in [3.8, 4) is 33.4 Å². The van der Waals surface area contributed by atoms with Gasteiger partial charge in [-0.05, 0) is 75.7 Å². The van der Waals surface area contributed by atoms with Gasteiger partial charge in [-0.25, -0.2) is 8.78 Å². The van der Waals surface area contributed by atoms with Crippen LogP contribution in [0.5, 0.6) is 0 Å². The topological polar surface area (TPSA) is 0 Å². The molecule has 0 radical (unpaired) electrons. The summed E-state index contributed by atoms with van der Waals surface area (Å²) in [5, 5.41) is 2.13. The van der Waals surface area contributed by atoms with Crippen LogP contribution in [0.3, 0.4) is 0 Å². The Balaban J connectivity index is 1.45. The molecule has 5 aromatic rings. The number of fused-ring (bicyclic) bond motifs is 1. The lowest BCUT2D eigenvalue weighted by molar-refractivity contribution is -0.137. The minimum atomic E-state index is -4.62. The molecule has 5 heteroatoms. The van der Waals surface area contributed by atoms with Crippen LogP contribution in [0.1, 0.15) is 17.5 Å². The molecule has 0 bridgehead atoms. The number of alkyl halides is 3. The van der Waals surface area contributed by atoms with Crippen molar-refractivity contribution in [2.24, 2.45) is 0 Å². The van der Waals surface area contributed by atoms with Gasteiger partial charge in [0.2, 0.25) is 0 Å². The molecule has 5 rings (SSSR count). The standard InChI is InChI=1S/C33H23F5/c1-2-3-6-21-9-10-23-18-24(12-11-22(23)17-21)25-13-15-27(31(34)19-25)26-14-16-29(32(35)20-26)28-7-4-5-8-30(28)33(36,37)38/h2,4-5,7-20H,1,3,6H2. The first-order chi connectivity index (χ1) is 18.2. The second-order valence-corrected chi connectivity index (χ2v) is 9.16. The first-order valence-corrected chi connectivity index (χ1v) is 12.1. The summed E-state index contributed by atoms with van der Waals surface area (Å²) < 4.78 is 70.5. The highest BCUT2D eigenvalue weighted by Crippen LogP contribution is 2.39. The van der Waals surface area contributed by atoms with Gasteiger partial charge in [0.15, 0.2) is 0 Å². The summed E-state index contributed by atoms with van der Waals surface area (Å²) in [4.78, 5) is 0. The zero-order valence-electron chi connectivity index (χ0n) is 20.3. The molecule has 0 fully saturated rings. The van der Waals surface area contributed by atoms with E-state index in [1.54, 1.807) is 12.1 Å². The third kappa shape index (κ3) is 5.10. The SMILES string of the molecule is C=CCCc1ccc2cc(-c3ccc(-c4ccc(-c5ccccc5C(F)(F)F)c(F)c4)c(F)c3)ccc2c1. The highest BCUT2D eigenvalue weighted by Gasteiger charge is 2.33. The number of rotatable bonds is 6. The molecule has 0 spiro atoms. The molecule has 0 amide bonds. The Morgan fingerprint density at radius 3 is 1.95 bits per heavy atom. The van der Waals surface area contributed by atoms with Crippen molar-refractivity contribution in [1.82, 2.24) is 0 Å². The first-order valence-electron chi connectivity index (χ1n) is 12.1. The molecule has 0 saturated carbocycles. The molecule has 190 valence electrons. The van der Waals surface area contributed by atoms with Crippen molar-refractivity contribution in [2.75, 3.05) is 0 Å². The fourth-order valence-electron chi connectivity index (χ4n) is 4.69. The summed E-state index contributed by atoms with van der Waals surface area (Å²) in [6.07, 6.45) is -0.908. The van der Waals surface area contributed by atoms with Gasteiger partial charge in [-0.2, -0.15) is 13.2 Å². The van der Waals surface area contributed by atoms with E-state index in [0.29, 0.717) is 5.56 Å². The normalized spacial score (nSPS) is 11.6. The maximum absolute atomic E-state index is 15.2. The Labute approximate surface area is 217 Å². The minimum absolute atomic E-state index is 0.163. The van der Waals surface area contributed by atoms with Crippen molar-refractivity contribution in [2.45, 2.75) is 19.0 Å². The van der Waals surface area contributed by atoms with Crippen LogP contribution in [0.15, 0.2) is 110 Å². The molecule has 5 aromatic carbocycles. The van der Waals surface area contributed by atoms with Gasteiger partial charge in [-0.15, -0.1) is 6.58 Å². The van der Waals surface area contributed by atoms with Crippen LogP contribution in [0.2, 0.25) is 0 Å². The molecule has 0 nitrogen and oxygen atoms in total. The van der Waals surface area contributed by atoms with Crippen molar-refractivity contribution in [3.63, 3.8) is 0 Å². The maximum atomic E-state index is 15.2. The van der Waals surface area contributed by atoms with Gasteiger partial charge < -0.3 is 0 Å². The van der Waals surface area contributed by atoms with Crippen molar-refractivity contribution >= 4 is 10.8 Å². The smallest absolute Gasteiger partial charge is 0.206 e. The number of hydrogen-bond donors (Lipinski definition) is 0. The molecule has 0 saturated heterocycles. The zero-order chi connectivity index (χ0) is 26.9. The van der Waals surface area contributed by atoms with E-state index in [2.05, 4.69) is 18.7 Å². The van der Waals surface area contributed by atoms with Gasteiger partial charge in [0.25, 0.3) is 0 Å². The van der Waals surface area contributed by atoms with E-state index < -0.39 is 23.4 Å². The van der Waals surface area contributed by atoms with E-state index in [1.807, 2.05) is 30.3 Å². The summed E-state index contributed by atoms with van der Waals surface area (Å²) in [6, 6.07) is 25.5. The van der Waals surface area contributed by atoms with E-state index in [9.17, 15) is 13.2 Å². The van der Waals surface area contributed by atoms with E-state index in [1.165, 1.54) is 42.0 Å². The zero-order valence-corrected chi connectivity index (χ0v) is 20.3. The van der Waals surface area contributed by atoms with Gasteiger partial charge in [0.05, 0.1) is 5.56 Å². The largest absolute Gasteiger partial charge is 0.417 e. The van der Waals surface area contributed by atoms with Crippen molar-refractivity contribution < 1.29 is 22.0 Å². The predicted molar refractivity (Wildman–Crippen MR) is 144 cm³/mol. The number of allylic oxidation sites excluding steroid dienone is 1. The lowest BCUT2D eigenvalue weighted by Crippen LogP contribution is -2.07. The van der Waals surface area contributed by atoms with Gasteiger partial charge >= 0.3 is 6.18 Å². The molecule has 0 N–H and O–H groups in total. The van der Waals surface area contributed by atoms with Gasteiger partial charge in [-0.3, -0.25) is 0 Å². The van der Waals surface area contributed by atoms with Crippen molar-refractivity contribution in [3.05, 3.63) is 132 Å². The van der Waals surface area contributed by atoms with Crippen LogP contribution >= 0.6 is 0 Å². The third-order valence-corrected chi connectivity index (χ3v) is 6.65. The number of halogens is 5. The highest BCUT2D eigenvalue weighted by molar-refractivity contribution is 5.88. The highest BCUT2D eigenvalue weighted by atomic mass is 19.4. The van der Waals surface area contributed by atoms with E-state index in [-0.39, 0.29) is 22.3 Å². The molecule has 0 aromatic heterocycles. The third-order valence-electron chi connectivity index (χ3n) is 6.65. The number of benzene rings is 5. The lowest BCUT2D eigenvalue weighted by Gasteiger charge is -2.14. The summed E-state index contributed by atoms with van der Waals surface area (Å²) in [5.74, 6) is -1.41. The van der Waals surface area contributed by atoms with Crippen LogP contribution in [0, 0.1) is 11.6 Å². The molecule has 0 aliphatic heterocycles. The molecule has 38 heavy (non-hydrogen) atoms. The van der Waals surface area contributed by atoms with Crippen LogP contribution < -0.4 is 0 Å². The van der Waals surface area contributed by atoms with Gasteiger partial charge in [-0.1, -0.05) is 78.9 Å². The Bertz CT molecular complexity index is 1650. The Morgan fingerprint density at radius 2 is 1.21 bits per heavy atom.